The summed E-state index contributed by atoms with van der Waals surface area (Å²) in [6.07, 6.45) is 4.01. The van der Waals surface area contributed by atoms with Crippen LogP contribution in [-0.4, -0.2) is 14.5 Å². The van der Waals surface area contributed by atoms with Crippen LogP contribution in [0.2, 0.25) is 0 Å². The van der Waals surface area contributed by atoms with Crippen molar-refractivity contribution in [2.45, 2.75) is 20.0 Å². The number of nitrogens with one attached hydrogen (secondary N) is 1. The monoisotopic (exact) mass is 242 g/mol. The molecule has 18 heavy (non-hydrogen) atoms. The summed E-state index contributed by atoms with van der Waals surface area (Å²) in [5, 5.41) is 7.12. The lowest BCUT2D eigenvalue weighted by atomic mass is 10.4. The fourth-order valence-corrected chi connectivity index (χ4v) is 1.89. The predicted molar refractivity (Wildman–Crippen MR) is 67.0 cm³/mol. The van der Waals surface area contributed by atoms with E-state index < -0.39 is 0 Å². The summed E-state index contributed by atoms with van der Waals surface area (Å²) in [6.45, 7) is 3.28. The average molecular weight is 242 g/mol. The van der Waals surface area contributed by atoms with Crippen molar-refractivity contribution in [1.82, 2.24) is 19.9 Å². The van der Waals surface area contributed by atoms with Crippen molar-refractivity contribution in [3.63, 3.8) is 0 Å². The average Bonchev–Trinajstić information content (AvgIpc) is 2.95. The SMILES string of the molecule is Cc1cc(CNCc2cn3ccccc3n2)on1. The largest absolute Gasteiger partial charge is 0.360 e. The summed E-state index contributed by atoms with van der Waals surface area (Å²) >= 11 is 0. The van der Waals surface area contributed by atoms with Crippen LogP contribution >= 0.6 is 0 Å². The summed E-state index contributed by atoms with van der Waals surface area (Å²) in [5.41, 5.74) is 2.88. The second-order valence-electron chi connectivity index (χ2n) is 4.24. The van der Waals surface area contributed by atoms with Crippen LogP contribution in [0.25, 0.3) is 5.65 Å². The Labute approximate surface area is 104 Å². The van der Waals surface area contributed by atoms with Gasteiger partial charge in [0.2, 0.25) is 0 Å². The molecule has 0 fully saturated rings. The summed E-state index contributed by atoms with van der Waals surface area (Å²) in [4.78, 5) is 4.50. The zero-order chi connectivity index (χ0) is 12.4. The molecular weight excluding hydrogens is 228 g/mol. The van der Waals surface area contributed by atoms with E-state index in [-0.39, 0.29) is 0 Å². The smallest absolute Gasteiger partial charge is 0.150 e. The number of imidazole rings is 1. The Morgan fingerprint density at radius 1 is 1.33 bits per heavy atom. The number of rotatable bonds is 4. The van der Waals surface area contributed by atoms with Gasteiger partial charge in [-0.15, -0.1) is 0 Å². The highest BCUT2D eigenvalue weighted by Gasteiger charge is 2.02. The number of hydrogen-bond acceptors (Lipinski definition) is 4. The molecule has 0 amide bonds. The summed E-state index contributed by atoms with van der Waals surface area (Å²) in [7, 11) is 0. The quantitative estimate of drug-likeness (QED) is 0.759. The van der Waals surface area contributed by atoms with E-state index in [1.165, 1.54) is 0 Å². The Bertz CT molecular complexity index is 623. The van der Waals surface area contributed by atoms with Gasteiger partial charge in [0.15, 0.2) is 5.76 Å². The molecular formula is C13H14N4O. The maximum Gasteiger partial charge on any atom is 0.150 e. The molecule has 3 rings (SSSR count). The van der Waals surface area contributed by atoms with E-state index in [4.69, 9.17) is 4.52 Å². The first-order chi connectivity index (χ1) is 8.81. The Kier molecular flexibility index (Phi) is 2.82. The summed E-state index contributed by atoms with van der Waals surface area (Å²) in [5.74, 6) is 0.844. The third-order valence-electron chi connectivity index (χ3n) is 2.70. The van der Waals surface area contributed by atoms with Gasteiger partial charge in [-0.25, -0.2) is 4.98 Å². The molecule has 1 N–H and O–H groups in total. The van der Waals surface area contributed by atoms with E-state index in [2.05, 4.69) is 15.5 Å². The van der Waals surface area contributed by atoms with E-state index in [1.54, 1.807) is 0 Å². The van der Waals surface area contributed by atoms with Gasteiger partial charge in [0.25, 0.3) is 0 Å². The molecule has 0 aliphatic carbocycles. The van der Waals surface area contributed by atoms with Gasteiger partial charge in [0.1, 0.15) is 5.65 Å². The lowest BCUT2D eigenvalue weighted by Crippen LogP contribution is -2.12. The van der Waals surface area contributed by atoms with Crippen molar-refractivity contribution in [3.8, 4) is 0 Å². The van der Waals surface area contributed by atoms with Crippen molar-refractivity contribution in [2.24, 2.45) is 0 Å². The molecule has 5 heteroatoms. The lowest BCUT2D eigenvalue weighted by Gasteiger charge is -1.97. The molecule has 0 aliphatic rings. The molecule has 5 nitrogen and oxygen atoms in total. The van der Waals surface area contributed by atoms with Gasteiger partial charge >= 0.3 is 0 Å². The van der Waals surface area contributed by atoms with E-state index >= 15 is 0 Å². The molecule has 0 bridgehead atoms. The van der Waals surface area contributed by atoms with Gasteiger partial charge in [-0.2, -0.15) is 0 Å². The Hall–Kier alpha value is -2.14. The molecule has 0 saturated carbocycles. The van der Waals surface area contributed by atoms with Crippen molar-refractivity contribution in [1.29, 1.82) is 0 Å². The number of aryl methyl sites for hydroxylation is 1. The first-order valence-corrected chi connectivity index (χ1v) is 5.87. The number of nitrogens with zero attached hydrogens (tertiary/aromatic N) is 3. The minimum Gasteiger partial charge on any atom is -0.360 e. The maximum atomic E-state index is 5.12. The molecule has 0 aromatic carbocycles. The molecule has 0 aliphatic heterocycles. The van der Waals surface area contributed by atoms with Crippen LogP contribution in [0.3, 0.4) is 0 Å². The second kappa shape index (κ2) is 4.62. The molecule has 3 aromatic heterocycles. The molecule has 92 valence electrons. The van der Waals surface area contributed by atoms with Crippen LogP contribution in [0.1, 0.15) is 17.1 Å². The van der Waals surface area contributed by atoms with Crippen LogP contribution in [0.4, 0.5) is 0 Å². The number of fused-ring (bicyclic) bond motifs is 1. The Balaban J connectivity index is 1.62. The fourth-order valence-electron chi connectivity index (χ4n) is 1.89. The van der Waals surface area contributed by atoms with Crippen LogP contribution < -0.4 is 5.32 Å². The van der Waals surface area contributed by atoms with Gasteiger partial charge in [-0.05, 0) is 19.1 Å². The van der Waals surface area contributed by atoms with Crippen LogP contribution in [-0.2, 0) is 13.1 Å². The lowest BCUT2D eigenvalue weighted by molar-refractivity contribution is 0.369. The standard InChI is InChI=1S/C13H14N4O/c1-10-6-12(18-16-10)8-14-7-11-9-17-5-3-2-4-13(17)15-11/h2-6,9,14H,7-8H2,1H3. The molecule has 0 saturated heterocycles. The predicted octanol–water partition coefficient (Wildman–Crippen LogP) is 1.92. The highest BCUT2D eigenvalue weighted by molar-refractivity contribution is 5.39. The van der Waals surface area contributed by atoms with Crippen molar-refractivity contribution >= 4 is 5.65 Å². The molecule has 0 atom stereocenters. The zero-order valence-electron chi connectivity index (χ0n) is 10.1. The number of hydrogen-bond donors (Lipinski definition) is 1. The molecule has 3 heterocycles. The molecule has 0 spiro atoms. The summed E-state index contributed by atoms with van der Waals surface area (Å²) in [6, 6.07) is 7.89. The minimum atomic E-state index is 0.661. The molecule has 0 unspecified atom stereocenters. The van der Waals surface area contributed by atoms with Gasteiger partial charge in [0.05, 0.1) is 17.9 Å². The highest BCUT2D eigenvalue weighted by atomic mass is 16.5. The Morgan fingerprint density at radius 2 is 2.28 bits per heavy atom. The van der Waals surface area contributed by atoms with E-state index in [1.807, 2.05) is 48.0 Å². The van der Waals surface area contributed by atoms with Crippen LogP contribution in [0.5, 0.6) is 0 Å². The van der Waals surface area contributed by atoms with E-state index in [9.17, 15) is 0 Å². The highest BCUT2D eigenvalue weighted by Crippen LogP contribution is 2.05. The van der Waals surface area contributed by atoms with Gasteiger partial charge in [-0.3, -0.25) is 0 Å². The number of aromatic nitrogens is 3. The van der Waals surface area contributed by atoms with Crippen LogP contribution in [0, 0.1) is 6.92 Å². The first-order valence-electron chi connectivity index (χ1n) is 5.87. The van der Waals surface area contributed by atoms with Gasteiger partial charge in [0, 0.05) is 25.0 Å². The van der Waals surface area contributed by atoms with Crippen molar-refractivity contribution in [2.75, 3.05) is 0 Å². The topological polar surface area (TPSA) is 55.4 Å². The van der Waals surface area contributed by atoms with Gasteiger partial charge < -0.3 is 14.2 Å². The fraction of sp³-hybridized carbons (Fsp3) is 0.231. The van der Waals surface area contributed by atoms with E-state index in [0.717, 1.165) is 22.8 Å². The second-order valence-corrected chi connectivity index (χ2v) is 4.24. The zero-order valence-corrected chi connectivity index (χ0v) is 10.1. The molecule has 3 aromatic rings. The normalized spacial score (nSPS) is 11.2. The van der Waals surface area contributed by atoms with Crippen molar-refractivity contribution < 1.29 is 4.52 Å². The molecule has 0 radical (unpaired) electrons. The third kappa shape index (κ3) is 2.26. The van der Waals surface area contributed by atoms with E-state index in [0.29, 0.717) is 13.1 Å². The van der Waals surface area contributed by atoms with Gasteiger partial charge in [-0.1, -0.05) is 11.2 Å². The maximum absolute atomic E-state index is 5.12. The third-order valence-corrected chi connectivity index (χ3v) is 2.70. The summed E-state index contributed by atoms with van der Waals surface area (Å²) < 4.78 is 7.13. The van der Waals surface area contributed by atoms with Crippen molar-refractivity contribution in [3.05, 3.63) is 53.8 Å². The number of pyridine rings is 1. The minimum absolute atomic E-state index is 0.661. The van der Waals surface area contributed by atoms with Crippen LogP contribution in [0.15, 0.2) is 41.2 Å². The Morgan fingerprint density at radius 3 is 3.06 bits per heavy atom. The first kappa shape index (κ1) is 11.0.